The Bertz CT molecular complexity index is 832. The lowest BCUT2D eigenvalue weighted by atomic mass is 9.83. The van der Waals surface area contributed by atoms with E-state index in [1.54, 1.807) is 4.68 Å². The molecule has 148 valence electrons. The lowest BCUT2D eigenvalue weighted by Gasteiger charge is -2.42. The SMILES string of the molecule is O=C1Cn2nc(-c3ccccc3)nc2CC2(CCN(CC3CCCC3)CC2)N1. The van der Waals surface area contributed by atoms with Gasteiger partial charge >= 0.3 is 0 Å². The van der Waals surface area contributed by atoms with Gasteiger partial charge in [-0.1, -0.05) is 43.2 Å². The summed E-state index contributed by atoms with van der Waals surface area (Å²) in [6.45, 7) is 3.63. The van der Waals surface area contributed by atoms with Crippen LogP contribution in [0.3, 0.4) is 0 Å². The summed E-state index contributed by atoms with van der Waals surface area (Å²) in [6.07, 6.45) is 8.36. The van der Waals surface area contributed by atoms with Crippen molar-refractivity contribution in [1.82, 2.24) is 25.0 Å². The molecule has 0 atom stereocenters. The van der Waals surface area contributed by atoms with Crippen molar-refractivity contribution in [2.24, 2.45) is 5.92 Å². The third-order valence-electron chi connectivity index (χ3n) is 6.78. The third kappa shape index (κ3) is 3.58. The lowest BCUT2D eigenvalue weighted by Crippen LogP contribution is -2.56. The molecule has 1 aromatic carbocycles. The maximum atomic E-state index is 12.6. The molecule has 1 amide bonds. The van der Waals surface area contributed by atoms with Crippen molar-refractivity contribution in [2.45, 2.75) is 57.0 Å². The smallest absolute Gasteiger partial charge is 0.242 e. The van der Waals surface area contributed by atoms with Crippen molar-refractivity contribution in [2.75, 3.05) is 19.6 Å². The second-order valence-electron chi connectivity index (χ2n) is 8.83. The van der Waals surface area contributed by atoms with E-state index in [0.29, 0.717) is 0 Å². The van der Waals surface area contributed by atoms with Crippen LogP contribution in [-0.2, 0) is 17.8 Å². The monoisotopic (exact) mass is 379 g/mol. The number of piperidine rings is 1. The number of rotatable bonds is 3. The van der Waals surface area contributed by atoms with Crippen LogP contribution in [0.5, 0.6) is 0 Å². The number of carbonyl (C=O) groups excluding carboxylic acids is 1. The first-order valence-corrected chi connectivity index (χ1v) is 10.7. The summed E-state index contributed by atoms with van der Waals surface area (Å²) in [5, 5.41) is 7.96. The van der Waals surface area contributed by atoms with Crippen LogP contribution in [0.2, 0.25) is 0 Å². The summed E-state index contributed by atoms with van der Waals surface area (Å²) >= 11 is 0. The Morgan fingerprint density at radius 3 is 2.61 bits per heavy atom. The first kappa shape index (κ1) is 17.9. The van der Waals surface area contributed by atoms with Gasteiger partial charge in [-0.15, -0.1) is 0 Å². The van der Waals surface area contributed by atoms with E-state index in [1.807, 2.05) is 30.3 Å². The molecule has 3 heterocycles. The van der Waals surface area contributed by atoms with Crippen molar-refractivity contribution in [1.29, 1.82) is 0 Å². The number of fused-ring (bicyclic) bond motifs is 1. The maximum absolute atomic E-state index is 12.6. The fraction of sp³-hybridized carbons (Fsp3) is 0.591. The van der Waals surface area contributed by atoms with Gasteiger partial charge in [-0.25, -0.2) is 9.67 Å². The number of likely N-dealkylation sites (tertiary alicyclic amines) is 1. The molecule has 1 saturated heterocycles. The summed E-state index contributed by atoms with van der Waals surface area (Å²) in [4.78, 5) is 20.0. The Balaban J connectivity index is 1.32. The highest BCUT2D eigenvalue weighted by molar-refractivity contribution is 5.77. The fourth-order valence-electron chi connectivity index (χ4n) is 5.18. The molecule has 0 bridgehead atoms. The summed E-state index contributed by atoms with van der Waals surface area (Å²) in [5.74, 6) is 2.60. The number of benzene rings is 1. The largest absolute Gasteiger partial charge is 0.349 e. The molecule has 1 spiro atoms. The normalized spacial score (nSPS) is 22.8. The Morgan fingerprint density at radius 2 is 1.86 bits per heavy atom. The van der Waals surface area contributed by atoms with Gasteiger partial charge in [0.05, 0.1) is 0 Å². The Morgan fingerprint density at radius 1 is 1.11 bits per heavy atom. The van der Waals surface area contributed by atoms with Crippen LogP contribution in [0.1, 0.15) is 44.3 Å². The predicted octanol–water partition coefficient (Wildman–Crippen LogP) is 2.64. The number of nitrogens with zero attached hydrogens (tertiary/aromatic N) is 4. The molecule has 2 aliphatic heterocycles. The highest BCUT2D eigenvalue weighted by atomic mass is 16.2. The second-order valence-corrected chi connectivity index (χ2v) is 8.83. The minimum atomic E-state index is -0.168. The fourth-order valence-corrected chi connectivity index (χ4v) is 5.18. The molecule has 1 aliphatic carbocycles. The van der Waals surface area contributed by atoms with Gasteiger partial charge in [-0.2, -0.15) is 5.10 Å². The minimum Gasteiger partial charge on any atom is -0.349 e. The standard InChI is InChI=1S/C22H29N5O/c28-20-16-27-19(23-21(25-27)18-8-2-1-3-9-18)14-22(24-20)10-12-26(13-11-22)15-17-6-4-5-7-17/h1-3,8-9,17H,4-7,10-16H2,(H,24,28). The van der Waals surface area contributed by atoms with Crippen LogP contribution in [0, 0.1) is 5.92 Å². The molecule has 0 unspecified atom stereocenters. The molecule has 6 nitrogen and oxygen atoms in total. The molecule has 1 N–H and O–H groups in total. The zero-order valence-electron chi connectivity index (χ0n) is 16.4. The van der Waals surface area contributed by atoms with Crippen molar-refractivity contribution in [3.05, 3.63) is 36.2 Å². The number of aromatic nitrogens is 3. The maximum Gasteiger partial charge on any atom is 0.242 e. The Hall–Kier alpha value is -2.21. The van der Waals surface area contributed by atoms with Crippen molar-refractivity contribution >= 4 is 5.91 Å². The van der Waals surface area contributed by atoms with E-state index in [9.17, 15) is 4.79 Å². The Kier molecular flexibility index (Phi) is 4.67. The molecule has 1 aromatic heterocycles. The molecular formula is C22H29N5O. The zero-order chi connectivity index (χ0) is 19.0. The molecule has 1 saturated carbocycles. The van der Waals surface area contributed by atoms with Gasteiger partial charge in [0.1, 0.15) is 12.4 Å². The van der Waals surface area contributed by atoms with Gasteiger partial charge < -0.3 is 10.2 Å². The van der Waals surface area contributed by atoms with E-state index in [1.165, 1.54) is 32.2 Å². The highest BCUT2D eigenvalue weighted by Crippen LogP contribution is 2.31. The number of carbonyl (C=O) groups is 1. The summed E-state index contributed by atoms with van der Waals surface area (Å²) in [5.41, 5.74) is 0.835. The van der Waals surface area contributed by atoms with Crippen LogP contribution in [0.25, 0.3) is 11.4 Å². The predicted molar refractivity (Wildman–Crippen MR) is 108 cm³/mol. The molecule has 5 rings (SSSR count). The summed E-state index contributed by atoms with van der Waals surface area (Å²) in [7, 11) is 0. The molecule has 3 aliphatic rings. The van der Waals surface area contributed by atoms with Gasteiger partial charge in [-0.05, 0) is 31.6 Å². The molecule has 6 heteroatoms. The average molecular weight is 380 g/mol. The van der Waals surface area contributed by atoms with E-state index >= 15 is 0 Å². The second kappa shape index (κ2) is 7.32. The van der Waals surface area contributed by atoms with E-state index in [4.69, 9.17) is 4.98 Å². The molecule has 2 aromatic rings. The number of hydrogen-bond donors (Lipinski definition) is 1. The van der Waals surface area contributed by atoms with Crippen molar-refractivity contribution in [3.63, 3.8) is 0 Å². The van der Waals surface area contributed by atoms with Crippen LogP contribution in [0.4, 0.5) is 0 Å². The number of nitrogens with one attached hydrogen (secondary N) is 1. The van der Waals surface area contributed by atoms with Gasteiger partial charge in [0.2, 0.25) is 5.91 Å². The van der Waals surface area contributed by atoms with Crippen LogP contribution in [0.15, 0.2) is 30.3 Å². The van der Waals surface area contributed by atoms with E-state index in [-0.39, 0.29) is 18.0 Å². The van der Waals surface area contributed by atoms with Crippen LogP contribution < -0.4 is 5.32 Å². The summed E-state index contributed by atoms with van der Waals surface area (Å²) in [6, 6.07) is 10.0. The van der Waals surface area contributed by atoms with E-state index in [0.717, 1.165) is 55.5 Å². The number of hydrogen-bond acceptors (Lipinski definition) is 4. The Labute approximate surface area is 166 Å². The average Bonchev–Trinajstić information content (AvgIpc) is 3.32. The minimum absolute atomic E-state index is 0.0625. The number of amides is 1. The van der Waals surface area contributed by atoms with E-state index in [2.05, 4.69) is 15.3 Å². The molecule has 0 radical (unpaired) electrons. The van der Waals surface area contributed by atoms with Gasteiger partial charge in [0.25, 0.3) is 0 Å². The molecule has 2 fully saturated rings. The summed E-state index contributed by atoms with van der Waals surface area (Å²) < 4.78 is 1.80. The third-order valence-corrected chi connectivity index (χ3v) is 6.78. The van der Waals surface area contributed by atoms with Gasteiger partial charge in [-0.3, -0.25) is 4.79 Å². The highest BCUT2D eigenvalue weighted by Gasteiger charge is 2.40. The topological polar surface area (TPSA) is 63.1 Å². The van der Waals surface area contributed by atoms with Gasteiger partial charge in [0, 0.05) is 37.2 Å². The lowest BCUT2D eigenvalue weighted by molar-refractivity contribution is -0.123. The van der Waals surface area contributed by atoms with E-state index < -0.39 is 0 Å². The van der Waals surface area contributed by atoms with Crippen LogP contribution in [-0.4, -0.2) is 50.7 Å². The van der Waals surface area contributed by atoms with Crippen LogP contribution >= 0.6 is 0 Å². The van der Waals surface area contributed by atoms with Gasteiger partial charge in [0.15, 0.2) is 5.82 Å². The first-order valence-electron chi connectivity index (χ1n) is 10.7. The zero-order valence-corrected chi connectivity index (χ0v) is 16.4. The quantitative estimate of drug-likeness (QED) is 0.891. The first-order chi connectivity index (χ1) is 13.7. The van der Waals surface area contributed by atoms with Crippen molar-refractivity contribution in [3.8, 4) is 11.4 Å². The molecule has 28 heavy (non-hydrogen) atoms. The molecular weight excluding hydrogens is 350 g/mol. The van der Waals surface area contributed by atoms with Crippen molar-refractivity contribution < 1.29 is 4.79 Å².